The molecule has 2 aromatic heterocycles. The van der Waals surface area contributed by atoms with Gasteiger partial charge in [-0.3, -0.25) is 9.69 Å². The van der Waals surface area contributed by atoms with Crippen LogP contribution in [0.25, 0.3) is 17.2 Å². The molecule has 1 amide bonds. The monoisotopic (exact) mass is 484 g/mol. The van der Waals surface area contributed by atoms with Crippen LogP contribution in [0, 0.1) is 11.3 Å². The second-order valence-electron chi connectivity index (χ2n) is 7.00. The van der Waals surface area contributed by atoms with Crippen molar-refractivity contribution >= 4 is 50.8 Å². The number of amides is 1. The minimum Gasteiger partial charge on any atom is -0.295 e. The number of carbonyl (C=O) groups is 1. The molecule has 0 bridgehead atoms. The number of carbonyl (C=O) groups excluding carboxylic acids is 1. The molecule has 3 aromatic rings. The number of anilines is 1. The van der Waals surface area contributed by atoms with Crippen LogP contribution in [-0.4, -0.2) is 31.9 Å². The van der Waals surface area contributed by atoms with Crippen LogP contribution in [0.1, 0.15) is 16.9 Å². The number of hydrogen-bond donors (Lipinski definition) is 1. The Morgan fingerprint density at radius 3 is 2.72 bits per heavy atom. The maximum Gasteiger partial charge on any atom is 0.246 e. The standard InChI is InChI=1S/C22H17ClN4O3S2/c23-20-7-6-17(31-20)10-12-32(29,30)26-19-9-11-27(22(19)28)21-8-5-16(14-25-21)18-4-2-1-3-15(18)13-24/h1-8,10,12,14,19,26H,9,11H2/b12-10+/t19-/m0/s1. The first-order valence-corrected chi connectivity index (χ1v) is 12.3. The van der Waals surface area contributed by atoms with Crippen molar-refractivity contribution in [2.75, 3.05) is 11.4 Å². The summed E-state index contributed by atoms with van der Waals surface area (Å²) in [6, 6.07) is 15.4. The number of aromatic nitrogens is 1. The predicted octanol–water partition coefficient (Wildman–Crippen LogP) is 4.03. The van der Waals surface area contributed by atoms with Crippen molar-refractivity contribution in [2.45, 2.75) is 12.5 Å². The Bertz CT molecular complexity index is 1330. The van der Waals surface area contributed by atoms with Gasteiger partial charge in [0.25, 0.3) is 0 Å². The first-order valence-electron chi connectivity index (χ1n) is 9.59. The average Bonchev–Trinajstić information content (AvgIpc) is 3.37. The maximum absolute atomic E-state index is 12.8. The van der Waals surface area contributed by atoms with Gasteiger partial charge in [-0.25, -0.2) is 13.4 Å². The third-order valence-electron chi connectivity index (χ3n) is 4.90. The SMILES string of the molecule is N#Cc1ccccc1-c1ccc(N2CC[C@H](NS(=O)(=O)/C=C/c3ccc(Cl)s3)C2=O)nc1. The molecule has 1 N–H and O–H groups in total. The summed E-state index contributed by atoms with van der Waals surface area (Å²) >= 11 is 7.11. The molecule has 7 nitrogen and oxygen atoms in total. The summed E-state index contributed by atoms with van der Waals surface area (Å²) in [7, 11) is -3.81. The fraction of sp³-hybridized carbons (Fsp3) is 0.136. The first kappa shape index (κ1) is 22.2. The Morgan fingerprint density at radius 2 is 2.03 bits per heavy atom. The molecule has 1 saturated heterocycles. The van der Waals surface area contributed by atoms with Crippen LogP contribution in [0.2, 0.25) is 4.34 Å². The van der Waals surface area contributed by atoms with Crippen molar-refractivity contribution in [1.29, 1.82) is 5.26 Å². The Kier molecular flexibility index (Phi) is 6.39. The minimum atomic E-state index is -3.81. The molecule has 162 valence electrons. The zero-order valence-corrected chi connectivity index (χ0v) is 19.0. The van der Waals surface area contributed by atoms with Crippen LogP contribution < -0.4 is 9.62 Å². The van der Waals surface area contributed by atoms with E-state index in [1.54, 1.807) is 42.6 Å². The zero-order chi connectivity index (χ0) is 22.7. The van der Waals surface area contributed by atoms with Crippen molar-refractivity contribution in [3.63, 3.8) is 0 Å². The van der Waals surface area contributed by atoms with E-state index >= 15 is 0 Å². The van der Waals surface area contributed by atoms with Crippen LogP contribution in [0.5, 0.6) is 0 Å². The highest BCUT2D eigenvalue weighted by atomic mass is 35.5. The number of rotatable bonds is 6. The lowest BCUT2D eigenvalue weighted by Crippen LogP contribution is -2.40. The highest BCUT2D eigenvalue weighted by Crippen LogP contribution is 2.26. The van der Waals surface area contributed by atoms with Crippen molar-refractivity contribution in [3.8, 4) is 17.2 Å². The maximum atomic E-state index is 12.8. The summed E-state index contributed by atoms with van der Waals surface area (Å²) < 4.78 is 27.8. The van der Waals surface area contributed by atoms with Gasteiger partial charge in [0.05, 0.1) is 16.0 Å². The molecule has 0 saturated carbocycles. The average molecular weight is 485 g/mol. The van der Waals surface area contributed by atoms with Gasteiger partial charge in [0.15, 0.2) is 0 Å². The van der Waals surface area contributed by atoms with Crippen molar-refractivity contribution in [3.05, 3.63) is 74.9 Å². The Morgan fingerprint density at radius 1 is 1.22 bits per heavy atom. The quantitative estimate of drug-likeness (QED) is 0.569. The lowest BCUT2D eigenvalue weighted by atomic mass is 10.0. The fourth-order valence-electron chi connectivity index (χ4n) is 3.37. The van der Waals surface area contributed by atoms with Gasteiger partial charge in [-0.1, -0.05) is 29.8 Å². The number of nitriles is 1. The van der Waals surface area contributed by atoms with Crippen LogP contribution in [-0.2, 0) is 14.8 Å². The molecule has 4 rings (SSSR count). The summed E-state index contributed by atoms with van der Waals surface area (Å²) in [6.07, 6.45) is 3.37. The number of hydrogen-bond acceptors (Lipinski definition) is 6. The van der Waals surface area contributed by atoms with E-state index in [-0.39, 0.29) is 5.91 Å². The third-order valence-corrected chi connectivity index (χ3v) is 7.20. The number of thiophene rings is 1. The molecular weight excluding hydrogens is 468 g/mol. The molecule has 1 aliphatic heterocycles. The molecule has 1 atom stereocenters. The van der Waals surface area contributed by atoms with Gasteiger partial charge in [0, 0.05) is 34.2 Å². The summed E-state index contributed by atoms with van der Waals surface area (Å²) in [5.41, 5.74) is 2.05. The smallest absolute Gasteiger partial charge is 0.246 e. The summed E-state index contributed by atoms with van der Waals surface area (Å²) in [6.45, 7) is 0.345. The number of nitrogens with one attached hydrogen (secondary N) is 1. The molecule has 0 aliphatic carbocycles. The Hall–Kier alpha value is -3.03. The van der Waals surface area contributed by atoms with Crippen LogP contribution in [0.4, 0.5) is 5.82 Å². The normalized spacial score (nSPS) is 16.6. The van der Waals surface area contributed by atoms with E-state index in [0.29, 0.717) is 33.6 Å². The molecule has 3 heterocycles. The molecule has 1 aromatic carbocycles. The first-order chi connectivity index (χ1) is 15.4. The number of sulfonamides is 1. The number of halogens is 1. The number of pyridine rings is 1. The molecule has 10 heteroatoms. The molecule has 1 fully saturated rings. The molecule has 0 unspecified atom stereocenters. The fourth-order valence-corrected chi connectivity index (χ4v) is 5.44. The van der Waals surface area contributed by atoms with E-state index in [4.69, 9.17) is 11.6 Å². The minimum absolute atomic E-state index is 0.331. The van der Waals surface area contributed by atoms with Crippen molar-refractivity contribution < 1.29 is 13.2 Å². The third kappa shape index (κ3) is 4.89. The van der Waals surface area contributed by atoms with Crippen LogP contribution in [0.3, 0.4) is 0 Å². The van der Waals surface area contributed by atoms with Gasteiger partial charge >= 0.3 is 0 Å². The second kappa shape index (κ2) is 9.22. The van der Waals surface area contributed by atoms with E-state index in [9.17, 15) is 18.5 Å². The van der Waals surface area contributed by atoms with Crippen LogP contribution >= 0.6 is 22.9 Å². The second-order valence-corrected chi connectivity index (χ2v) is 10.3. The summed E-state index contributed by atoms with van der Waals surface area (Å²) in [5.74, 6) is 0.0671. The Labute approximate surface area is 194 Å². The predicted molar refractivity (Wildman–Crippen MR) is 126 cm³/mol. The largest absolute Gasteiger partial charge is 0.295 e. The van der Waals surface area contributed by atoms with Gasteiger partial charge in [0.1, 0.15) is 11.9 Å². The summed E-state index contributed by atoms with van der Waals surface area (Å²) in [4.78, 5) is 19.3. The number of nitrogens with zero attached hydrogens (tertiary/aromatic N) is 3. The van der Waals surface area contributed by atoms with Gasteiger partial charge in [-0.15, -0.1) is 11.3 Å². The molecule has 32 heavy (non-hydrogen) atoms. The number of benzene rings is 1. The highest BCUT2D eigenvalue weighted by Gasteiger charge is 2.35. The van der Waals surface area contributed by atoms with E-state index < -0.39 is 16.1 Å². The van der Waals surface area contributed by atoms with E-state index in [1.165, 1.54) is 22.3 Å². The van der Waals surface area contributed by atoms with E-state index in [1.807, 2.05) is 12.1 Å². The lowest BCUT2D eigenvalue weighted by Gasteiger charge is -2.16. The van der Waals surface area contributed by atoms with Crippen molar-refractivity contribution in [2.24, 2.45) is 0 Å². The van der Waals surface area contributed by atoms with Gasteiger partial charge in [0.2, 0.25) is 15.9 Å². The van der Waals surface area contributed by atoms with Gasteiger partial charge in [-0.05, 0) is 42.8 Å². The van der Waals surface area contributed by atoms with E-state index in [2.05, 4.69) is 15.8 Å². The van der Waals surface area contributed by atoms with Crippen molar-refractivity contribution in [1.82, 2.24) is 9.71 Å². The lowest BCUT2D eigenvalue weighted by molar-refractivity contribution is -0.118. The molecule has 1 aliphatic rings. The summed E-state index contributed by atoms with van der Waals surface area (Å²) in [5, 5.41) is 10.3. The van der Waals surface area contributed by atoms with Crippen LogP contribution in [0.15, 0.2) is 60.1 Å². The topological polar surface area (TPSA) is 103 Å². The highest BCUT2D eigenvalue weighted by molar-refractivity contribution is 7.92. The van der Waals surface area contributed by atoms with Gasteiger partial charge in [-0.2, -0.15) is 9.98 Å². The molecule has 0 spiro atoms. The Balaban J connectivity index is 1.45. The van der Waals surface area contributed by atoms with E-state index in [0.717, 1.165) is 16.5 Å². The zero-order valence-electron chi connectivity index (χ0n) is 16.6. The van der Waals surface area contributed by atoms with Gasteiger partial charge < -0.3 is 0 Å². The molecular formula is C22H17ClN4O3S2. The molecule has 0 radical (unpaired) electrons.